The van der Waals surface area contributed by atoms with Crippen LogP contribution in [0.2, 0.25) is 0 Å². The minimum Gasteiger partial charge on any atom is -0.397 e. The van der Waals surface area contributed by atoms with Gasteiger partial charge in [-0.15, -0.1) is 0 Å². The summed E-state index contributed by atoms with van der Waals surface area (Å²) in [5.74, 6) is 0.574. The standard InChI is InChI=1S/C16H19N3O/c1-12-10-14(17)11-18-16(12)19-15(20)9-5-8-13-6-3-2-4-7-13/h2-4,6-7,10-11H,5,8-9,17H2,1H3,(H,18,19,20). The second-order valence-electron chi connectivity index (χ2n) is 4.82. The number of rotatable bonds is 5. The summed E-state index contributed by atoms with van der Waals surface area (Å²) in [4.78, 5) is 16.0. The van der Waals surface area contributed by atoms with Crippen LogP contribution in [-0.2, 0) is 11.2 Å². The van der Waals surface area contributed by atoms with Crippen LogP contribution < -0.4 is 11.1 Å². The molecule has 1 amide bonds. The topological polar surface area (TPSA) is 68.0 Å². The Morgan fingerprint density at radius 1 is 1.30 bits per heavy atom. The third-order valence-corrected chi connectivity index (χ3v) is 3.07. The molecule has 3 N–H and O–H groups in total. The Morgan fingerprint density at radius 2 is 2.05 bits per heavy atom. The molecule has 0 fully saturated rings. The van der Waals surface area contributed by atoms with Gasteiger partial charge in [-0.3, -0.25) is 4.79 Å². The van der Waals surface area contributed by atoms with Gasteiger partial charge < -0.3 is 11.1 Å². The Morgan fingerprint density at radius 3 is 2.75 bits per heavy atom. The number of aromatic nitrogens is 1. The van der Waals surface area contributed by atoms with Gasteiger partial charge in [0.1, 0.15) is 5.82 Å². The highest BCUT2D eigenvalue weighted by atomic mass is 16.1. The van der Waals surface area contributed by atoms with Crippen molar-refractivity contribution in [3.63, 3.8) is 0 Å². The number of carbonyl (C=O) groups excluding carboxylic acids is 1. The molecule has 4 heteroatoms. The molecule has 20 heavy (non-hydrogen) atoms. The summed E-state index contributed by atoms with van der Waals surface area (Å²) in [6.45, 7) is 1.88. The van der Waals surface area contributed by atoms with Gasteiger partial charge in [0.2, 0.25) is 5.91 Å². The molecule has 1 aromatic heterocycles. The fourth-order valence-corrected chi connectivity index (χ4v) is 2.02. The normalized spacial score (nSPS) is 10.2. The van der Waals surface area contributed by atoms with Gasteiger partial charge >= 0.3 is 0 Å². The number of nitrogens with one attached hydrogen (secondary N) is 1. The van der Waals surface area contributed by atoms with Gasteiger partial charge in [0.15, 0.2) is 0 Å². The summed E-state index contributed by atoms with van der Waals surface area (Å²) in [5, 5.41) is 2.82. The second kappa shape index (κ2) is 6.70. The summed E-state index contributed by atoms with van der Waals surface area (Å²) in [5.41, 5.74) is 8.36. The van der Waals surface area contributed by atoms with E-state index >= 15 is 0 Å². The number of nitrogen functional groups attached to an aromatic ring is 1. The van der Waals surface area contributed by atoms with E-state index in [-0.39, 0.29) is 5.91 Å². The predicted molar refractivity (Wildman–Crippen MR) is 81.4 cm³/mol. The van der Waals surface area contributed by atoms with Crippen LogP contribution in [-0.4, -0.2) is 10.9 Å². The van der Waals surface area contributed by atoms with Crippen molar-refractivity contribution in [1.29, 1.82) is 0 Å². The van der Waals surface area contributed by atoms with Crippen molar-refractivity contribution in [2.75, 3.05) is 11.1 Å². The van der Waals surface area contributed by atoms with Gasteiger partial charge in [-0.05, 0) is 37.0 Å². The van der Waals surface area contributed by atoms with Crippen molar-refractivity contribution >= 4 is 17.4 Å². The number of pyridine rings is 1. The molecule has 2 aromatic rings. The Hall–Kier alpha value is -2.36. The third kappa shape index (κ3) is 4.09. The van der Waals surface area contributed by atoms with E-state index in [1.54, 1.807) is 12.3 Å². The first kappa shape index (κ1) is 14.1. The highest BCUT2D eigenvalue weighted by molar-refractivity contribution is 5.90. The summed E-state index contributed by atoms with van der Waals surface area (Å²) in [7, 11) is 0. The maximum Gasteiger partial charge on any atom is 0.225 e. The van der Waals surface area contributed by atoms with Gasteiger partial charge in [-0.25, -0.2) is 4.98 Å². The number of nitrogens with two attached hydrogens (primary N) is 1. The van der Waals surface area contributed by atoms with Crippen molar-refractivity contribution in [3.8, 4) is 0 Å². The average Bonchev–Trinajstić information content (AvgIpc) is 2.43. The largest absolute Gasteiger partial charge is 0.397 e. The quantitative estimate of drug-likeness (QED) is 0.877. The number of carbonyl (C=O) groups is 1. The van der Waals surface area contributed by atoms with Gasteiger partial charge in [0.25, 0.3) is 0 Å². The van der Waals surface area contributed by atoms with Gasteiger partial charge in [0, 0.05) is 6.42 Å². The molecule has 1 aromatic carbocycles. The molecule has 0 saturated heterocycles. The SMILES string of the molecule is Cc1cc(N)cnc1NC(=O)CCCc1ccccc1. The smallest absolute Gasteiger partial charge is 0.225 e. The molecule has 0 aliphatic rings. The van der Waals surface area contributed by atoms with E-state index in [0.717, 1.165) is 18.4 Å². The maximum atomic E-state index is 11.9. The zero-order valence-electron chi connectivity index (χ0n) is 11.6. The predicted octanol–water partition coefficient (Wildman–Crippen LogP) is 2.93. The van der Waals surface area contributed by atoms with Crippen LogP contribution in [0.5, 0.6) is 0 Å². The lowest BCUT2D eigenvalue weighted by Crippen LogP contribution is -2.13. The lowest BCUT2D eigenvalue weighted by Gasteiger charge is -2.07. The van der Waals surface area contributed by atoms with E-state index in [9.17, 15) is 4.79 Å². The number of nitrogens with zero attached hydrogens (tertiary/aromatic N) is 1. The summed E-state index contributed by atoms with van der Waals surface area (Å²) < 4.78 is 0. The molecule has 104 valence electrons. The zero-order valence-corrected chi connectivity index (χ0v) is 11.6. The molecule has 1 heterocycles. The molecule has 0 unspecified atom stereocenters. The number of benzene rings is 1. The van der Waals surface area contributed by atoms with Crippen LogP contribution in [0.15, 0.2) is 42.6 Å². The van der Waals surface area contributed by atoms with Crippen LogP contribution in [0.1, 0.15) is 24.0 Å². The van der Waals surface area contributed by atoms with E-state index < -0.39 is 0 Å². The van der Waals surface area contributed by atoms with Crippen LogP contribution in [0, 0.1) is 6.92 Å². The monoisotopic (exact) mass is 269 g/mol. The van der Waals surface area contributed by atoms with E-state index in [2.05, 4.69) is 22.4 Å². The van der Waals surface area contributed by atoms with Crippen molar-refractivity contribution in [1.82, 2.24) is 4.98 Å². The molecule has 0 aliphatic heterocycles. The van der Waals surface area contributed by atoms with Crippen LogP contribution >= 0.6 is 0 Å². The summed E-state index contributed by atoms with van der Waals surface area (Å²) in [6, 6.07) is 12.0. The van der Waals surface area contributed by atoms with Crippen LogP contribution in [0.25, 0.3) is 0 Å². The lowest BCUT2D eigenvalue weighted by atomic mass is 10.1. The molecule has 0 atom stereocenters. The van der Waals surface area contributed by atoms with Crippen LogP contribution in [0.4, 0.5) is 11.5 Å². The number of hydrogen-bond acceptors (Lipinski definition) is 3. The minimum absolute atomic E-state index is 0.0127. The van der Waals surface area contributed by atoms with Gasteiger partial charge in [-0.2, -0.15) is 0 Å². The first-order valence-corrected chi connectivity index (χ1v) is 6.71. The average molecular weight is 269 g/mol. The van der Waals surface area contributed by atoms with E-state index in [4.69, 9.17) is 5.73 Å². The van der Waals surface area contributed by atoms with Gasteiger partial charge in [0.05, 0.1) is 11.9 Å². The third-order valence-electron chi connectivity index (χ3n) is 3.07. The highest BCUT2D eigenvalue weighted by Crippen LogP contribution is 2.14. The van der Waals surface area contributed by atoms with E-state index in [1.165, 1.54) is 5.56 Å². The summed E-state index contributed by atoms with van der Waals surface area (Å²) in [6.07, 6.45) is 3.76. The Kier molecular flexibility index (Phi) is 4.71. The molecule has 4 nitrogen and oxygen atoms in total. The molecule has 0 bridgehead atoms. The Bertz CT molecular complexity index is 582. The fraction of sp³-hybridized carbons (Fsp3) is 0.250. The van der Waals surface area contributed by atoms with E-state index in [0.29, 0.717) is 17.9 Å². The molecule has 0 saturated carbocycles. The molecular weight excluding hydrogens is 250 g/mol. The Balaban J connectivity index is 1.81. The number of amides is 1. The van der Waals surface area contributed by atoms with Crippen molar-refractivity contribution in [3.05, 3.63) is 53.7 Å². The van der Waals surface area contributed by atoms with Crippen molar-refractivity contribution < 1.29 is 4.79 Å². The molecule has 0 aliphatic carbocycles. The van der Waals surface area contributed by atoms with Crippen molar-refractivity contribution in [2.24, 2.45) is 0 Å². The molecule has 0 radical (unpaired) electrons. The van der Waals surface area contributed by atoms with Crippen LogP contribution in [0.3, 0.4) is 0 Å². The fourth-order valence-electron chi connectivity index (χ4n) is 2.02. The van der Waals surface area contributed by atoms with E-state index in [1.807, 2.05) is 25.1 Å². The molecular formula is C16H19N3O. The zero-order chi connectivity index (χ0) is 14.4. The van der Waals surface area contributed by atoms with Gasteiger partial charge in [-0.1, -0.05) is 30.3 Å². The minimum atomic E-state index is -0.0127. The first-order chi connectivity index (χ1) is 9.65. The second-order valence-corrected chi connectivity index (χ2v) is 4.82. The number of hydrogen-bond donors (Lipinski definition) is 2. The Labute approximate surface area is 119 Å². The first-order valence-electron chi connectivity index (χ1n) is 6.71. The maximum absolute atomic E-state index is 11.9. The molecule has 2 rings (SSSR count). The number of aryl methyl sites for hydroxylation is 2. The highest BCUT2D eigenvalue weighted by Gasteiger charge is 2.06. The molecule has 0 spiro atoms. The number of anilines is 2. The van der Waals surface area contributed by atoms with Crippen molar-refractivity contribution in [2.45, 2.75) is 26.2 Å². The lowest BCUT2D eigenvalue weighted by molar-refractivity contribution is -0.116. The summed E-state index contributed by atoms with van der Waals surface area (Å²) >= 11 is 0.